The SMILES string of the molecule is Cc1ccc2c(c1)CCCN2CC(=O)N(c1ccccc1)C1CCS(=O)(=O)C1. The molecule has 2 aliphatic rings. The van der Waals surface area contributed by atoms with Gasteiger partial charge in [-0.15, -0.1) is 0 Å². The summed E-state index contributed by atoms with van der Waals surface area (Å²) in [6.07, 6.45) is 2.55. The van der Waals surface area contributed by atoms with Gasteiger partial charge in [-0.2, -0.15) is 0 Å². The van der Waals surface area contributed by atoms with Gasteiger partial charge in [-0.25, -0.2) is 8.42 Å². The topological polar surface area (TPSA) is 57.7 Å². The van der Waals surface area contributed by atoms with Crippen LogP contribution in [0.4, 0.5) is 11.4 Å². The van der Waals surface area contributed by atoms with Crippen molar-refractivity contribution in [3.63, 3.8) is 0 Å². The number of rotatable bonds is 4. The summed E-state index contributed by atoms with van der Waals surface area (Å²) in [5.41, 5.74) is 4.41. The molecule has 0 radical (unpaired) electrons. The van der Waals surface area contributed by atoms with Gasteiger partial charge >= 0.3 is 0 Å². The third-order valence-electron chi connectivity index (χ3n) is 5.65. The molecule has 2 aliphatic heterocycles. The lowest BCUT2D eigenvalue weighted by Crippen LogP contribution is -2.47. The Morgan fingerprint density at radius 1 is 1.18 bits per heavy atom. The van der Waals surface area contributed by atoms with Crippen LogP contribution in [0.1, 0.15) is 24.0 Å². The van der Waals surface area contributed by atoms with Crippen molar-refractivity contribution in [2.45, 2.75) is 32.2 Å². The van der Waals surface area contributed by atoms with Gasteiger partial charge in [0.05, 0.1) is 24.1 Å². The van der Waals surface area contributed by atoms with Crippen LogP contribution in [-0.4, -0.2) is 45.0 Å². The number of para-hydroxylation sites is 1. The molecule has 2 aromatic rings. The zero-order chi connectivity index (χ0) is 19.7. The average molecular weight is 399 g/mol. The van der Waals surface area contributed by atoms with E-state index in [4.69, 9.17) is 0 Å². The first-order chi connectivity index (χ1) is 13.4. The third kappa shape index (κ3) is 3.92. The molecule has 0 N–H and O–H groups in total. The van der Waals surface area contributed by atoms with Gasteiger partial charge in [0.2, 0.25) is 5.91 Å². The van der Waals surface area contributed by atoms with Crippen LogP contribution in [0.2, 0.25) is 0 Å². The quantitative estimate of drug-likeness (QED) is 0.795. The van der Waals surface area contributed by atoms with E-state index in [2.05, 4.69) is 30.0 Å². The number of hydrogen-bond donors (Lipinski definition) is 0. The zero-order valence-corrected chi connectivity index (χ0v) is 17.0. The number of carbonyl (C=O) groups excluding carboxylic acids is 1. The van der Waals surface area contributed by atoms with Gasteiger partial charge in [0.1, 0.15) is 0 Å². The minimum absolute atomic E-state index is 0.0401. The van der Waals surface area contributed by atoms with Crippen LogP contribution in [0.15, 0.2) is 48.5 Å². The maximum Gasteiger partial charge on any atom is 0.246 e. The van der Waals surface area contributed by atoms with Crippen LogP contribution < -0.4 is 9.80 Å². The first kappa shape index (κ1) is 19.0. The number of fused-ring (bicyclic) bond motifs is 1. The van der Waals surface area contributed by atoms with Crippen molar-refractivity contribution in [3.8, 4) is 0 Å². The van der Waals surface area contributed by atoms with Crippen molar-refractivity contribution >= 4 is 27.1 Å². The molecule has 0 spiro atoms. The van der Waals surface area contributed by atoms with Gasteiger partial charge in [0.15, 0.2) is 9.84 Å². The first-order valence-electron chi connectivity index (χ1n) is 9.85. The van der Waals surface area contributed by atoms with Crippen LogP contribution in [0.5, 0.6) is 0 Å². The Labute approximate surface area is 166 Å². The van der Waals surface area contributed by atoms with Crippen LogP contribution in [0.25, 0.3) is 0 Å². The van der Waals surface area contributed by atoms with Gasteiger partial charge in [0, 0.05) is 17.9 Å². The lowest BCUT2D eigenvalue weighted by Gasteiger charge is -2.35. The molecule has 1 saturated heterocycles. The monoisotopic (exact) mass is 398 g/mol. The molecule has 0 aromatic heterocycles. The number of sulfone groups is 1. The number of amides is 1. The second-order valence-electron chi connectivity index (χ2n) is 7.81. The van der Waals surface area contributed by atoms with Crippen LogP contribution in [0, 0.1) is 6.92 Å². The molecule has 5 nitrogen and oxygen atoms in total. The van der Waals surface area contributed by atoms with Crippen molar-refractivity contribution in [2.24, 2.45) is 0 Å². The van der Waals surface area contributed by atoms with E-state index in [1.807, 2.05) is 30.3 Å². The second kappa shape index (κ2) is 7.59. The number of anilines is 2. The lowest BCUT2D eigenvalue weighted by atomic mass is 9.99. The largest absolute Gasteiger partial charge is 0.362 e. The van der Waals surface area contributed by atoms with Gasteiger partial charge in [-0.05, 0) is 49.9 Å². The molecule has 2 aromatic carbocycles. The molecule has 0 saturated carbocycles. The van der Waals surface area contributed by atoms with Crippen molar-refractivity contribution < 1.29 is 13.2 Å². The number of hydrogen-bond acceptors (Lipinski definition) is 4. The molecule has 2 heterocycles. The number of aryl methyl sites for hydroxylation is 2. The van der Waals surface area contributed by atoms with Crippen molar-refractivity contribution in [2.75, 3.05) is 34.4 Å². The fourth-order valence-electron chi connectivity index (χ4n) is 4.33. The molecule has 0 bridgehead atoms. The Kier molecular flexibility index (Phi) is 5.15. The van der Waals surface area contributed by atoms with E-state index >= 15 is 0 Å². The van der Waals surface area contributed by atoms with Gasteiger partial charge in [0.25, 0.3) is 0 Å². The minimum Gasteiger partial charge on any atom is -0.362 e. The molecular formula is C22H26N2O3S. The number of carbonyl (C=O) groups is 1. The zero-order valence-electron chi connectivity index (χ0n) is 16.2. The van der Waals surface area contributed by atoms with E-state index in [0.717, 1.165) is 30.8 Å². The summed E-state index contributed by atoms with van der Waals surface area (Å²) in [5, 5.41) is 0. The highest BCUT2D eigenvalue weighted by Gasteiger charge is 2.36. The molecule has 6 heteroatoms. The fraction of sp³-hybridized carbons (Fsp3) is 0.409. The fourth-order valence-corrected chi connectivity index (χ4v) is 6.03. The molecule has 1 unspecified atom stereocenters. The highest BCUT2D eigenvalue weighted by molar-refractivity contribution is 7.91. The molecule has 28 heavy (non-hydrogen) atoms. The third-order valence-corrected chi connectivity index (χ3v) is 7.40. The number of benzene rings is 2. The van der Waals surface area contributed by atoms with E-state index in [1.165, 1.54) is 11.1 Å². The standard InChI is InChI=1S/C22H26N2O3S/c1-17-9-10-21-18(14-17)6-5-12-23(21)15-22(25)24(19-7-3-2-4-8-19)20-11-13-28(26,27)16-20/h2-4,7-10,14,20H,5-6,11-13,15-16H2,1H3. The maximum atomic E-state index is 13.4. The summed E-state index contributed by atoms with van der Waals surface area (Å²) >= 11 is 0. The highest BCUT2D eigenvalue weighted by atomic mass is 32.2. The van der Waals surface area contributed by atoms with E-state index in [-0.39, 0.29) is 30.0 Å². The molecular weight excluding hydrogens is 372 g/mol. The molecule has 1 atom stereocenters. The first-order valence-corrected chi connectivity index (χ1v) is 11.7. The van der Waals surface area contributed by atoms with Gasteiger partial charge in [-0.1, -0.05) is 35.9 Å². The summed E-state index contributed by atoms with van der Waals surface area (Å²) in [4.78, 5) is 17.2. The Morgan fingerprint density at radius 3 is 2.68 bits per heavy atom. The van der Waals surface area contributed by atoms with Crippen LogP contribution in [-0.2, 0) is 21.1 Å². The summed E-state index contributed by atoms with van der Waals surface area (Å²) in [7, 11) is -3.08. The Hall–Kier alpha value is -2.34. The smallest absolute Gasteiger partial charge is 0.246 e. The van der Waals surface area contributed by atoms with E-state index in [1.54, 1.807) is 4.90 Å². The maximum absolute atomic E-state index is 13.4. The average Bonchev–Trinajstić information content (AvgIpc) is 3.02. The normalized spacial score (nSPS) is 20.6. The summed E-state index contributed by atoms with van der Waals surface area (Å²) < 4.78 is 24.1. The Balaban J connectivity index is 1.61. The molecule has 0 aliphatic carbocycles. The molecule has 1 amide bonds. The predicted octanol–water partition coefficient (Wildman–Crippen LogP) is 2.97. The number of nitrogens with zero attached hydrogens (tertiary/aromatic N) is 2. The van der Waals surface area contributed by atoms with Crippen LogP contribution in [0.3, 0.4) is 0 Å². The lowest BCUT2D eigenvalue weighted by molar-refractivity contribution is -0.117. The highest BCUT2D eigenvalue weighted by Crippen LogP contribution is 2.29. The molecule has 4 rings (SSSR count). The second-order valence-corrected chi connectivity index (χ2v) is 10.0. The van der Waals surface area contributed by atoms with Crippen LogP contribution >= 0.6 is 0 Å². The van der Waals surface area contributed by atoms with E-state index in [0.29, 0.717) is 6.42 Å². The van der Waals surface area contributed by atoms with E-state index in [9.17, 15) is 13.2 Å². The predicted molar refractivity (Wildman–Crippen MR) is 113 cm³/mol. The summed E-state index contributed by atoms with van der Waals surface area (Å²) in [6.45, 7) is 3.19. The van der Waals surface area contributed by atoms with Crippen molar-refractivity contribution in [3.05, 3.63) is 59.7 Å². The van der Waals surface area contributed by atoms with Crippen molar-refractivity contribution in [1.29, 1.82) is 0 Å². The molecule has 1 fully saturated rings. The van der Waals surface area contributed by atoms with E-state index < -0.39 is 9.84 Å². The summed E-state index contributed by atoms with van der Waals surface area (Å²) in [5.74, 6) is 0.158. The van der Waals surface area contributed by atoms with Crippen molar-refractivity contribution in [1.82, 2.24) is 0 Å². The van der Waals surface area contributed by atoms with Gasteiger partial charge in [-0.3, -0.25) is 4.79 Å². The Morgan fingerprint density at radius 2 is 1.96 bits per heavy atom. The molecule has 148 valence electrons. The minimum atomic E-state index is -3.08. The Bertz CT molecular complexity index is 973. The van der Waals surface area contributed by atoms with Gasteiger partial charge < -0.3 is 9.80 Å². The summed E-state index contributed by atoms with van der Waals surface area (Å²) in [6, 6.07) is 15.5.